The minimum absolute atomic E-state index is 0.0472. The second-order valence-electron chi connectivity index (χ2n) is 9.42. The third-order valence-electron chi connectivity index (χ3n) is 6.86. The summed E-state index contributed by atoms with van der Waals surface area (Å²) in [6, 6.07) is 4.12. The van der Waals surface area contributed by atoms with Gasteiger partial charge in [-0.25, -0.2) is 14.0 Å². The zero-order chi connectivity index (χ0) is 26.0. The van der Waals surface area contributed by atoms with E-state index in [4.69, 9.17) is 4.78 Å². The molecular formula is C22H23F6N3O2S2. The molecular weight excluding hydrogens is 516 g/mol. The first-order valence-electron chi connectivity index (χ1n) is 10.8. The van der Waals surface area contributed by atoms with Crippen LogP contribution in [-0.2, 0) is 27.7 Å². The number of nitrogens with one attached hydrogen (secondary N) is 1. The van der Waals surface area contributed by atoms with Crippen LogP contribution >= 0.6 is 11.3 Å². The summed E-state index contributed by atoms with van der Waals surface area (Å²) in [5, 5.41) is 0.424. The van der Waals surface area contributed by atoms with E-state index in [0.29, 0.717) is 29.0 Å². The molecule has 0 radical (unpaired) electrons. The van der Waals surface area contributed by atoms with Crippen molar-refractivity contribution in [1.82, 2.24) is 9.88 Å². The third kappa shape index (κ3) is 5.07. The summed E-state index contributed by atoms with van der Waals surface area (Å²) < 4.78 is 98.1. The number of hydrogen-bond donors (Lipinski definition) is 1. The average Bonchev–Trinajstić information content (AvgIpc) is 3.10. The van der Waals surface area contributed by atoms with E-state index < -0.39 is 44.3 Å². The van der Waals surface area contributed by atoms with E-state index in [0.717, 1.165) is 6.92 Å². The number of thiazole rings is 1. The topological polar surface area (TPSA) is 74.1 Å². The van der Waals surface area contributed by atoms with Gasteiger partial charge in [0.2, 0.25) is 0 Å². The largest absolute Gasteiger partial charge is 0.443 e. The van der Waals surface area contributed by atoms with Crippen molar-refractivity contribution in [3.63, 3.8) is 0 Å². The fourth-order valence-corrected chi connectivity index (χ4v) is 6.05. The lowest BCUT2D eigenvalue weighted by Gasteiger charge is -2.23. The van der Waals surface area contributed by atoms with Crippen molar-refractivity contribution in [1.29, 1.82) is 4.78 Å². The Labute approximate surface area is 202 Å². The Kier molecular flexibility index (Phi) is 6.27. The van der Waals surface area contributed by atoms with Crippen LogP contribution in [0, 0.1) is 16.6 Å². The van der Waals surface area contributed by atoms with Crippen LogP contribution in [0.25, 0.3) is 0 Å². The minimum Gasteiger partial charge on any atom is -0.337 e. The summed E-state index contributed by atoms with van der Waals surface area (Å²) in [6.07, 6.45) is -7.45. The van der Waals surface area contributed by atoms with E-state index in [2.05, 4.69) is 4.98 Å². The molecule has 3 unspecified atom stereocenters. The molecule has 5 nitrogen and oxygen atoms in total. The van der Waals surface area contributed by atoms with Gasteiger partial charge in [0.25, 0.3) is 5.91 Å². The van der Waals surface area contributed by atoms with Crippen LogP contribution in [0.4, 0.5) is 26.3 Å². The summed E-state index contributed by atoms with van der Waals surface area (Å²) in [5.74, 6) is -2.15. The molecule has 13 heteroatoms. The van der Waals surface area contributed by atoms with Gasteiger partial charge in [-0.3, -0.25) is 4.79 Å². The SMILES string of the molecule is C[C@@H](CCc1ccc(S(C)(=N)=O)cc1C(=O)N1CC2CC2(c2csc(C(F)(F)F)n2)C1)C(F)(F)F. The number of amides is 1. The van der Waals surface area contributed by atoms with Gasteiger partial charge < -0.3 is 4.90 Å². The Morgan fingerprint density at radius 1 is 1.31 bits per heavy atom. The smallest absolute Gasteiger partial charge is 0.337 e. The second kappa shape index (κ2) is 8.46. The number of halogens is 6. The molecule has 1 N–H and O–H groups in total. The van der Waals surface area contributed by atoms with E-state index in [-0.39, 0.29) is 42.3 Å². The third-order valence-corrected chi connectivity index (χ3v) is 8.90. The number of rotatable bonds is 6. The fraction of sp³-hybridized carbons (Fsp3) is 0.545. The first-order chi connectivity index (χ1) is 16.0. The first kappa shape index (κ1) is 25.9. The van der Waals surface area contributed by atoms with Crippen molar-refractivity contribution in [2.75, 3.05) is 19.3 Å². The molecule has 4 rings (SSSR count). The molecule has 192 valence electrons. The zero-order valence-electron chi connectivity index (χ0n) is 18.8. The van der Waals surface area contributed by atoms with Crippen molar-refractivity contribution >= 4 is 27.0 Å². The number of piperidine rings is 1. The molecule has 1 aliphatic heterocycles. The van der Waals surface area contributed by atoms with Crippen molar-refractivity contribution in [3.05, 3.63) is 45.4 Å². The predicted octanol–water partition coefficient (Wildman–Crippen LogP) is 5.74. The standard InChI is InChI=1S/C22H23F6N3O2S2/c1-12(21(23,24)25)3-4-13-5-6-15(35(2,29)33)7-16(13)18(32)31-9-14-8-20(14,11-31)17-10-34-19(30-17)22(26,27)28/h5-7,10,12,14,29H,3-4,8-9,11H2,1-2H3/t12-,14?,20?,35?/m0/s1. The van der Waals surface area contributed by atoms with Crippen LogP contribution in [0.15, 0.2) is 28.5 Å². The summed E-state index contributed by atoms with van der Waals surface area (Å²) in [7, 11) is -3.19. The van der Waals surface area contributed by atoms with Gasteiger partial charge in [0.15, 0.2) is 5.01 Å². The minimum atomic E-state index is -4.55. The zero-order valence-corrected chi connectivity index (χ0v) is 20.4. The van der Waals surface area contributed by atoms with Gasteiger partial charge in [-0.05, 0) is 42.9 Å². The lowest BCUT2D eigenvalue weighted by molar-refractivity contribution is -0.170. The summed E-state index contributed by atoms with van der Waals surface area (Å²) in [4.78, 5) is 18.8. The highest BCUT2D eigenvalue weighted by atomic mass is 32.2. The molecule has 2 aromatic rings. The number of aryl methyl sites for hydroxylation is 1. The highest BCUT2D eigenvalue weighted by Gasteiger charge is 2.63. The summed E-state index contributed by atoms with van der Waals surface area (Å²) in [6.45, 7) is 1.48. The lowest BCUT2D eigenvalue weighted by Crippen LogP contribution is -2.33. The predicted molar refractivity (Wildman–Crippen MR) is 118 cm³/mol. The highest BCUT2D eigenvalue weighted by molar-refractivity contribution is 7.91. The van der Waals surface area contributed by atoms with Gasteiger partial charge >= 0.3 is 12.4 Å². The van der Waals surface area contributed by atoms with E-state index >= 15 is 0 Å². The van der Waals surface area contributed by atoms with Crippen LogP contribution < -0.4 is 0 Å². The van der Waals surface area contributed by atoms with Crippen LogP contribution in [0.1, 0.15) is 46.4 Å². The Morgan fingerprint density at radius 2 is 2.00 bits per heavy atom. The highest BCUT2D eigenvalue weighted by Crippen LogP contribution is 2.59. The van der Waals surface area contributed by atoms with Crippen LogP contribution in [-0.4, -0.2) is 45.5 Å². The molecule has 0 bridgehead atoms. The van der Waals surface area contributed by atoms with Gasteiger partial charge in [0.1, 0.15) is 0 Å². The maximum Gasteiger partial charge on any atom is 0.443 e. The number of carbonyl (C=O) groups excluding carboxylic acids is 1. The Hall–Kier alpha value is -2.15. The molecule has 2 aliphatic rings. The molecule has 4 atom stereocenters. The molecule has 1 saturated carbocycles. The number of benzene rings is 1. The van der Waals surface area contributed by atoms with Crippen molar-refractivity contribution in [2.24, 2.45) is 11.8 Å². The molecule has 1 amide bonds. The van der Waals surface area contributed by atoms with E-state index in [1.807, 2.05) is 0 Å². The molecule has 2 fully saturated rings. The van der Waals surface area contributed by atoms with Crippen LogP contribution in [0.5, 0.6) is 0 Å². The second-order valence-corrected chi connectivity index (χ2v) is 12.4. The van der Waals surface area contributed by atoms with Gasteiger partial charge in [-0.2, -0.15) is 26.3 Å². The van der Waals surface area contributed by atoms with Crippen LogP contribution in [0.2, 0.25) is 0 Å². The van der Waals surface area contributed by atoms with Gasteiger partial charge in [0.05, 0.1) is 21.3 Å². The normalized spacial score (nSPS) is 24.7. The Balaban J connectivity index is 1.59. The Bertz CT molecular complexity index is 1250. The van der Waals surface area contributed by atoms with Crippen LogP contribution in [0.3, 0.4) is 0 Å². The molecule has 1 aliphatic carbocycles. The summed E-state index contributed by atoms with van der Waals surface area (Å²) >= 11 is 0.509. The van der Waals surface area contributed by atoms with Gasteiger partial charge in [0, 0.05) is 40.6 Å². The number of nitrogens with zero attached hydrogens (tertiary/aromatic N) is 2. The number of aromatic nitrogens is 1. The van der Waals surface area contributed by atoms with E-state index in [9.17, 15) is 35.3 Å². The number of likely N-dealkylation sites (tertiary alicyclic amines) is 1. The quantitative estimate of drug-likeness (QED) is 0.476. The fourth-order valence-electron chi connectivity index (χ4n) is 4.59. The molecule has 1 aromatic heterocycles. The van der Waals surface area contributed by atoms with Gasteiger partial charge in [-0.1, -0.05) is 13.0 Å². The number of hydrogen-bond acceptors (Lipinski definition) is 5. The number of alkyl halides is 6. The lowest BCUT2D eigenvalue weighted by atomic mass is 9.96. The van der Waals surface area contributed by atoms with E-state index in [1.165, 1.54) is 34.7 Å². The maximum atomic E-state index is 13.4. The Morgan fingerprint density at radius 3 is 2.57 bits per heavy atom. The number of carbonyl (C=O) groups is 1. The van der Waals surface area contributed by atoms with Crippen molar-refractivity contribution in [3.8, 4) is 0 Å². The maximum absolute atomic E-state index is 13.4. The summed E-state index contributed by atoms with van der Waals surface area (Å²) in [5.41, 5.74) is 0.0581. The van der Waals surface area contributed by atoms with Crippen molar-refractivity contribution in [2.45, 2.75) is 48.8 Å². The molecule has 35 heavy (non-hydrogen) atoms. The first-order valence-corrected chi connectivity index (χ1v) is 13.6. The van der Waals surface area contributed by atoms with Crippen molar-refractivity contribution < 1.29 is 35.3 Å². The molecule has 1 aromatic carbocycles. The molecule has 0 spiro atoms. The molecule has 1 saturated heterocycles. The van der Waals surface area contributed by atoms with Gasteiger partial charge in [-0.15, -0.1) is 11.3 Å². The number of fused-ring (bicyclic) bond motifs is 1. The average molecular weight is 540 g/mol. The van der Waals surface area contributed by atoms with E-state index in [1.54, 1.807) is 0 Å². The molecule has 2 heterocycles. The monoisotopic (exact) mass is 539 g/mol.